The Kier molecular flexibility index (Phi) is 5.23. The molecule has 0 amide bonds. The van der Waals surface area contributed by atoms with Crippen LogP contribution < -0.4 is 10.2 Å². The molecule has 0 atom stereocenters. The molecule has 0 saturated carbocycles. The quantitative estimate of drug-likeness (QED) is 0.719. The van der Waals surface area contributed by atoms with Crippen LogP contribution in [0.5, 0.6) is 5.75 Å². The maximum atomic E-state index is 8.99. The van der Waals surface area contributed by atoms with Crippen molar-refractivity contribution in [1.29, 1.82) is 0 Å². The van der Waals surface area contributed by atoms with E-state index in [1.54, 1.807) is 36.8 Å². The minimum Gasteiger partial charge on any atom is -0.492 e. The third kappa shape index (κ3) is 4.41. The number of furan rings is 1. The van der Waals surface area contributed by atoms with Gasteiger partial charge < -0.3 is 19.2 Å². The summed E-state index contributed by atoms with van der Waals surface area (Å²) in [6.07, 6.45) is 3.40. The van der Waals surface area contributed by atoms with Gasteiger partial charge in [0.2, 0.25) is 0 Å². The van der Waals surface area contributed by atoms with Crippen LogP contribution in [0.3, 0.4) is 0 Å². The molecule has 1 aromatic carbocycles. The standard InChI is InChI=1S/C14H18BNO4/c1-16(10-12-6-8-19-11-12)7-9-20-14-4-2-13(3-5-14)15(17)18/h2-6,8,11,17-18H,7,9-10H2,1H3. The van der Waals surface area contributed by atoms with E-state index in [0.29, 0.717) is 17.8 Å². The van der Waals surface area contributed by atoms with Gasteiger partial charge in [-0.25, -0.2) is 0 Å². The lowest BCUT2D eigenvalue weighted by atomic mass is 9.80. The molecule has 0 fully saturated rings. The van der Waals surface area contributed by atoms with Crippen LogP contribution >= 0.6 is 0 Å². The molecule has 6 heteroatoms. The average Bonchev–Trinajstić information content (AvgIpc) is 2.92. The molecule has 5 nitrogen and oxygen atoms in total. The number of ether oxygens (including phenoxy) is 1. The van der Waals surface area contributed by atoms with Gasteiger partial charge in [-0.2, -0.15) is 0 Å². The topological polar surface area (TPSA) is 66.1 Å². The fourth-order valence-electron chi connectivity index (χ4n) is 1.83. The van der Waals surface area contributed by atoms with E-state index in [2.05, 4.69) is 4.90 Å². The number of rotatable bonds is 7. The van der Waals surface area contributed by atoms with Crippen molar-refractivity contribution in [3.05, 3.63) is 48.4 Å². The Labute approximate surface area is 118 Å². The van der Waals surface area contributed by atoms with Gasteiger partial charge in [0.05, 0.1) is 12.5 Å². The fraction of sp³-hybridized carbons (Fsp3) is 0.286. The summed E-state index contributed by atoms with van der Waals surface area (Å²) in [4.78, 5) is 2.14. The van der Waals surface area contributed by atoms with Gasteiger partial charge in [0, 0.05) is 18.7 Å². The molecule has 0 saturated heterocycles. The molecule has 2 rings (SSSR count). The molecule has 0 radical (unpaired) electrons. The molecule has 2 aromatic rings. The maximum absolute atomic E-state index is 8.99. The highest BCUT2D eigenvalue weighted by Gasteiger charge is 2.09. The Morgan fingerprint density at radius 3 is 2.55 bits per heavy atom. The number of nitrogens with zero attached hydrogens (tertiary/aromatic N) is 1. The second kappa shape index (κ2) is 7.14. The van der Waals surface area contributed by atoms with Crippen molar-refractivity contribution in [3.8, 4) is 5.75 Å². The lowest BCUT2D eigenvalue weighted by Crippen LogP contribution is -2.29. The van der Waals surface area contributed by atoms with Gasteiger partial charge in [-0.1, -0.05) is 12.1 Å². The Balaban J connectivity index is 1.72. The largest absolute Gasteiger partial charge is 0.492 e. The van der Waals surface area contributed by atoms with Gasteiger partial charge in [0.1, 0.15) is 12.4 Å². The molecule has 0 spiro atoms. The lowest BCUT2D eigenvalue weighted by Gasteiger charge is -2.16. The number of benzene rings is 1. The van der Waals surface area contributed by atoms with Crippen LogP contribution in [0.2, 0.25) is 0 Å². The van der Waals surface area contributed by atoms with Crippen LogP contribution in [-0.4, -0.2) is 42.3 Å². The minimum absolute atomic E-state index is 0.453. The Morgan fingerprint density at radius 2 is 1.95 bits per heavy atom. The first kappa shape index (κ1) is 14.6. The Bertz CT molecular complexity index is 498. The molecule has 0 aliphatic rings. The van der Waals surface area contributed by atoms with Crippen LogP contribution in [0.1, 0.15) is 5.56 Å². The zero-order chi connectivity index (χ0) is 14.4. The summed E-state index contributed by atoms with van der Waals surface area (Å²) in [5, 5.41) is 18.0. The van der Waals surface area contributed by atoms with Crippen LogP contribution in [0.25, 0.3) is 0 Å². The van der Waals surface area contributed by atoms with Gasteiger partial charge in [0.15, 0.2) is 0 Å². The van der Waals surface area contributed by atoms with E-state index >= 15 is 0 Å². The monoisotopic (exact) mass is 275 g/mol. The summed E-state index contributed by atoms with van der Waals surface area (Å²) in [6.45, 7) is 2.17. The summed E-state index contributed by atoms with van der Waals surface area (Å²) >= 11 is 0. The molecule has 0 aliphatic heterocycles. The molecule has 2 N–H and O–H groups in total. The zero-order valence-electron chi connectivity index (χ0n) is 11.4. The summed E-state index contributed by atoms with van der Waals surface area (Å²) in [5.74, 6) is 0.714. The van der Waals surface area contributed by atoms with Crippen molar-refractivity contribution in [2.45, 2.75) is 6.54 Å². The van der Waals surface area contributed by atoms with Crippen molar-refractivity contribution >= 4 is 12.6 Å². The normalized spacial score (nSPS) is 10.8. The van der Waals surface area contributed by atoms with Crippen LogP contribution in [0.4, 0.5) is 0 Å². The van der Waals surface area contributed by atoms with Crippen molar-refractivity contribution in [2.24, 2.45) is 0 Å². The first-order valence-electron chi connectivity index (χ1n) is 6.43. The van der Waals surface area contributed by atoms with Gasteiger partial charge in [-0.3, -0.25) is 4.90 Å². The molecule has 106 valence electrons. The van der Waals surface area contributed by atoms with Crippen molar-refractivity contribution in [2.75, 3.05) is 20.2 Å². The maximum Gasteiger partial charge on any atom is 0.488 e. The Morgan fingerprint density at radius 1 is 1.20 bits per heavy atom. The van der Waals surface area contributed by atoms with Crippen molar-refractivity contribution in [3.63, 3.8) is 0 Å². The van der Waals surface area contributed by atoms with E-state index in [9.17, 15) is 0 Å². The van der Waals surface area contributed by atoms with Crippen molar-refractivity contribution < 1.29 is 19.2 Å². The first-order valence-corrected chi connectivity index (χ1v) is 6.43. The summed E-state index contributed by atoms with van der Waals surface area (Å²) in [5.41, 5.74) is 1.59. The molecular weight excluding hydrogens is 257 g/mol. The highest BCUT2D eigenvalue weighted by Crippen LogP contribution is 2.08. The molecule has 0 bridgehead atoms. The SMILES string of the molecule is CN(CCOc1ccc(B(O)O)cc1)Cc1ccoc1. The van der Waals surface area contributed by atoms with E-state index in [4.69, 9.17) is 19.2 Å². The predicted octanol–water partition coefficient (Wildman–Crippen LogP) is 0.470. The molecule has 0 unspecified atom stereocenters. The van der Waals surface area contributed by atoms with Gasteiger partial charge in [-0.05, 0) is 30.7 Å². The number of hydrogen-bond donors (Lipinski definition) is 2. The highest BCUT2D eigenvalue weighted by molar-refractivity contribution is 6.58. The van der Waals surface area contributed by atoms with E-state index < -0.39 is 7.12 Å². The second-order valence-corrected chi connectivity index (χ2v) is 4.66. The molecular formula is C14H18BNO4. The first-order chi connectivity index (χ1) is 9.65. The number of hydrogen-bond acceptors (Lipinski definition) is 5. The smallest absolute Gasteiger partial charge is 0.488 e. The molecule has 0 aliphatic carbocycles. The van der Waals surface area contributed by atoms with Gasteiger partial charge in [-0.15, -0.1) is 0 Å². The molecule has 20 heavy (non-hydrogen) atoms. The second-order valence-electron chi connectivity index (χ2n) is 4.66. The number of likely N-dealkylation sites (N-methyl/N-ethyl adjacent to an activating group) is 1. The van der Waals surface area contributed by atoms with Crippen molar-refractivity contribution in [1.82, 2.24) is 4.90 Å². The third-order valence-electron chi connectivity index (χ3n) is 2.95. The fourth-order valence-corrected chi connectivity index (χ4v) is 1.83. The lowest BCUT2D eigenvalue weighted by molar-refractivity contribution is 0.232. The van der Waals surface area contributed by atoms with E-state index in [0.717, 1.165) is 18.7 Å². The molecule has 1 heterocycles. The van der Waals surface area contributed by atoms with E-state index in [1.807, 2.05) is 13.1 Å². The highest BCUT2D eigenvalue weighted by atomic mass is 16.5. The summed E-state index contributed by atoms with van der Waals surface area (Å²) in [7, 11) is 0.576. The predicted molar refractivity (Wildman–Crippen MR) is 76.8 cm³/mol. The van der Waals surface area contributed by atoms with Crippen LogP contribution in [0.15, 0.2) is 47.3 Å². The third-order valence-corrected chi connectivity index (χ3v) is 2.95. The summed E-state index contributed by atoms with van der Waals surface area (Å²) in [6, 6.07) is 8.66. The summed E-state index contributed by atoms with van der Waals surface area (Å²) < 4.78 is 10.6. The average molecular weight is 275 g/mol. The van der Waals surface area contributed by atoms with Crippen LogP contribution in [0, 0.1) is 0 Å². The zero-order valence-corrected chi connectivity index (χ0v) is 11.4. The van der Waals surface area contributed by atoms with Gasteiger partial charge in [0.25, 0.3) is 0 Å². The van der Waals surface area contributed by atoms with Crippen LogP contribution in [-0.2, 0) is 6.54 Å². The minimum atomic E-state index is -1.44. The molecule has 1 aromatic heterocycles. The van der Waals surface area contributed by atoms with E-state index in [-0.39, 0.29) is 0 Å². The van der Waals surface area contributed by atoms with E-state index in [1.165, 1.54) is 0 Å². The van der Waals surface area contributed by atoms with Gasteiger partial charge >= 0.3 is 7.12 Å². The Hall–Kier alpha value is -1.76.